The molecule has 118 valence electrons. The zero-order valence-electron chi connectivity index (χ0n) is 14.0. The lowest BCUT2D eigenvalue weighted by atomic mass is 9.80. The molecule has 2 nitrogen and oxygen atoms in total. The van der Waals surface area contributed by atoms with E-state index in [2.05, 4.69) is 58.0 Å². The molecule has 0 N–H and O–H groups in total. The average molecular weight is 290 g/mol. The second kappa shape index (κ2) is 7.42. The number of hydrogen-bond donors (Lipinski definition) is 0. The van der Waals surface area contributed by atoms with Crippen molar-refractivity contribution in [2.24, 2.45) is 11.8 Å². The van der Waals surface area contributed by atoms with Crippen LogP contribution in [0, 0.1) is 11.8 Å². The summed E-state index contributed by atoms with van der Waals surface area (Å²) in [5.74, 6) is 1.39. The van der Waals surface area contributed by atoms with E-state index in [1.165, 1.54) is 18.4 Å². The van der Waals surface area contributed by atoms with Gasteiger partial charge in [0.15, 0.2) is 0 Å². The SMILES string of the molecule is CC(C)CCC1(CCC(C)C)OCO[C@@H]1c1ccccc1. The standard InChI is InChI=1S/C19H30O2/c1-15(2)10-12-19(13-11-16(3)4)18(20-14-21-19)17-8-6-5-7-9-17/h5-9,15-16,18H,10-14H2,1-4H3/t18-/m1/s1. The van der Waals surface area contributed by atoms with Crippen molar-refractivity contribution in [3.05, 3.63) is 35.9 Å². The summed E-state index contributed by atoms with van der Waals surface area (Å²) in [5, 5.41) is 0. The van der Waals surface area contributed by atoms with Gasteiger partial charge in [-0.05, 0) is 43.1 Å². The van der Waals surface area contributed by atoms with Gasteiger partial charge in [-0.2, -0.15) is 0 Å². The second-order valence-corrected chi connectivity index (χ2v) is 7.15. The van der Waals surface area contributed by atoms with Gasteiger partial charge in [0.25, 0.3) is 0 Å². The molecule has 21 heavy (non-hydrogen) atoms. The third-order valence-electron chi connectivity index (χ3n) is 4.45. The Balaban J connectivity index is 2.19. The first kappa shape index (κ1) is 16.5. The van der Waals surface area contributed by atoms with Crippen LogP contribution < -0.4 is 0 Å². The van der Waals surface area contributed by atoms with Crippen molar-refractivity contribution in [3.63, 3.8) is 0 Å². The van der Waals surface area contributed by atoms with Gasteiger partial charge in [0.2, 0.25) is 0 Å². The highest BCUT2D eigenvalue weighted by atomic mass is 16.7. The fourth-order valence-electron chi connectivity index (χ4n) is 3.07. The predicted octanol–water partition coefficient (Wildman–Crippen LogP) is 5.34. The van der Waals surface area contributed by atoms with Crippen LogP contribution in [0.1, 0.15) is 65.0 Å². The van der Waals surface area contributed by atoms with E-state index in [1.807, 2.05) is 0 Å². The van der Waals surface area contributed by atoms with Crippen LogP contribution in [0.5, 0.6) is 0 Å². The van der Waals surface area contributed by atoms with Crippen molar-refractivity contribution in [2.75, 3.05) is 6.79 Å². The molecular formula is C19H30O2. The average Bonchev–Trinajstić information content (AvgIpc) is 2.88. The number of rotatable bonds is 7. The summed E-state index contributed by atoms with van der Waals surface area (Å²) < 4.78 is 12.2. The van der Waals surface area contributed by atoms with Crippen molar-refractivity contribution in [3.8, 4) is 0 Å². The van der Waals surface area contributed by atoms with E-state index in [1.54, 1.807) is 0 Å². The van der Waals surface area contributed by atoms with Gasteiger partial charge in [0.1, 0.15) is 18.5 Å². The monoisotopic (exact) mass is 290 g/mol. The maximum Gasteiger partial charge on any atom is 0.148 e. The Labute approximate surface area is 129 Å². The van der Waals surface area contributed by atoms with Gasteiger partial charge in [-0.3, -0.25) is 0 Å². The van der Waals surface area contributed by atoms with E-state index in [0.29, 0.717) is 18.6 Å². The third kappa shape index (κ3) is 4.31. The molecule has 0 spiro atoms. The molecule has 2 rings (SSSR count). The minimum absolute atomic E-state index is 0.0798. The smallest absolute Gasteiger partial charge is 0.148 e. The van der Waals surface area contributed by atoms with Gasteiger partial charge in [0.05, 0.1) is 0 Å². The van der Waals surface area contributed by atoms with Gasteiger partial charge in [-0.15, -0.1) is 0 Å². The van der Waals surface area contributed by atoms with E-state index < -0.39 is 0 Å². The van der Waals surface area contributed by atoms with E-state index in [9.17, 15) is 0 Å². The van der Waals surface area contributed by atoms with Crippen LogP contribution in [0.2, 0.25) is 0 Å². The van der Waals surface area contributed by atoms with Crippen molar-refractivity contribution in [1.82, 2.24) is 0 Å². The minimum Gasteiger partial charge on any atom is -0.346 e. The van der Waals surface area contributed by atoms with Crippen LogP contribution in [0.15, 0.2) is 30.3 Å². The van der Waals surface area contributed by atoms with E-state index in [0.717, 1.165) is 12.8 Å². The van der Waals surface area contributed by atoms with Crippen molar-refractivity contribution < 1.29 is 9.47 Å². The summed E-state index contributed by atoms with van der Waals surface area (Å²) >= 11 is 0. The highest BCUT2D eigenvalue weighted by Gasteiger charge is 2.45. The molecule has 0 aromatic heterocycles. The van der Waals surface area contributed by atoms with Gasteiger partial charge in [0, 0.05) is 0 Å². The van der Waals surface area contributed by atoms with Crippen LogP contribution in [-0.2, 0) is 9.47 Å². The van der Waals surface area contributed by atoms with Crippen LogP contribution in [0.25, 0.3) is 0 Å². The lowest BCUT2D eigenvalue weighted by Crippen LogP contribution is -2.35. The summed E-state index contributed by atoms with van der Waals surface area (Å²) in [6, 6.07) is 10.6. The van der Waals surface area contributed by atoms with Gasteiger partial charge < -0.3 is 9.47 Å². The zero-order chi connectivity index (χ0) is 15.3. The highest BCUT2D eigenvalue weighted by molar-refractivity contribution is 5.21. The third-order valence-corrected chi connectivity index (χ3v) is 4.45. The molecule has 1 fully saturated rings. The molecule has 1 atom stereocenters. The van der Waals surface area contributed by atoms with E-state index >= 15 is 0 Å². The van der Waals surface area contributed by atoms with Crippen LogP contribution in [-0.4, -0.2) is 12.4 Å². The summed E-state index contributed by atoms with van der Waals surface area (Å²) in [7, 11) is 0. The quantitative estimate of drug-likeness (QED) is 0.674. The first-order chi connectivity index (χ1) is 10.0. The molecule has 1 aromatic carbocycles. The topological polar surface area (TPSA) is 18.5 Å². The predicted molar refractivity (Wildman–Crippen MR) is 87.1 cm³/mol. The first-order valence-electron chi connectivity index (χ1n) is 8.34. The molecule has 0 amide bonds. The summed E-state index contributed by atoms with van der Waals surface area (Å²) in [5.41, 5.74) is 1.11. The number of benzene rings is 1. The second-order valence-electron chi connectivity index (χ2n) is 7.15. The highest BCUT2D eigenvalue weighted by Crippen LogP contribution is 2.45. The Morgan fingerprint density at radius 2 is 1.57 bits per heavy atom. The maximum absolute atomic E-state index is 6.19. The lowest BCUT2D eigenvalue weighted by molar-refractivity contribution is -0.0291. The normalized spacial score (nSPS) is 21.3. The van der Waals surface area contributed by atoms with Crippen LogP contribution in [0.4, 0.5) is 0 Å². The molecule has 0 bridgehead atoms. The van der Waals surface area contributed by atoms with Gasteiger partial charge in [-0.25, -0.2) is 0 Å². The summed E-state index contributed by atoms with van der Waals surface area (Å²) in [6.45, 7) is 9.55. The molecule has 1 aliphatic rings. The Morgan fingerprint density at radius 1 is 1.00 bits per heavy atom. The molecule has 0 aliphatic carbocycles. The van der Waals surface area contributed by atoms with Crippen molar-refractivity contribution >= 4 is 0 Å². The summed E-state index contributed by atoms with van der Waals surface area (Å²) in [6.07, 6.45) is 4.61. The van der Waals surface area contributed by atoms with Gasteiger partial charge in [-0.1, -0.05) is 58.0 Å². The lowest BCUT2D eigenvalue weighted by Gasteiger charge is -2.34. The Hall–Kier alpha value is -0.860. The van der Waals surface area contributed by atoms with Crippen molar-refractivity contribution in [1.29, 1.82) is 0 Å². The molecule has 1 saturated heterocycles. The van der Waals surface area contributed by atoms with E-state index in [4.69, 9.17) is 9.47 Å². The van der Waals surface area contributed by atoms with Crippen LogP contribution >= 0.6 is 0 Å². The number of hydrogen-bond acceptors (Lipinski definition) is 2. The molecular weight excluding hydrogens is 260 g/mol. The Morgan fingerprint density at radius 3 is 2.10 bits per heavy atom. The molecule has 1 aliphatic heterocycles. The zero-order valence-corrected chi connectivity index (χ0v) is 14.0. The Kier molecular flexibility index (Phi) is 5.83. The van der Waals surface area contributed by atoms with Gasteiger partial charge >= 0.3 is 0 Å². The minimum atomic E-state index is -0.143. The molecule has 2 heteroatoms. The van der Waals surface area contributed by atoms with Crippen molar-refractivity contribution in [2.45, 2.75) is 65.1 Å². The maximum atomic E-state index is 6.19. The fourth-order valence-corrected chi connectivity index (χ4v) is 3.07. The first-order valence-corrected chi connectivity index (χ1v) is 8.34. The fraction of sp³-hybridized carbons (Fsp3) is 0.684. The van der Waals surface area contributed by atoms with E-state index in [-0.39, 0.29) is 11.7 Å². The number of ether oxygens (including phenoxy) is 2. The largest absolute Gasteiger partial charge is 0.346 e. The summed E-state index contributed by atoms with van der Waals surface area (Å²) in [4.78, 5) is 0. The van der Waals surface area contributed by atoms with Crippen LogP contribution in [0.3, 0.4) is 0 Å². The molecule has 1 aromatic rings. The molecule has 1 heterocycles. The molecule has 0 radical (unpaired) electrons. The molecule has 0 unspecified atom stereocenters. The molecule has 0 saturated carbocycles. The Bertz CT molecular complexity index is 399.